The number of rotatable bonds is 4. The van der Waals surface area contributed by atoms with Crippen LogP contribution in [0.1, 0.15) is 29.9 Å². The summed E-state index contributed by atoms with van der Waals surface area (Å²) in [6.07, 6.45) is 2.19. The minimum atomic E-state index is 0.00144. The van der Waals surface area contributed by atoms with Crippen molar-refractivity contribution in [1.82, 2.24) is 9.80 Å². The maximum atomic E-state index is 12.7. The van der Waals surface area contributed by atoms with Crippen molar-refractivity contribution in [2.75, 3.05) is 44.7 Å². The van der Waals surface area contributed by atoms with Crippen LogP contribution >= 0.6 is 0 Å². The fraction of sp³-hybridized carbons (Fsp3) is 0.435. The second-order valence-corrected chi connectivity index (χ2v) is 7.71. The average Bonchev–Trinajstić information content (AvgIpc) is 2.76. The molecule has 2 aromatic rings. The lowest BCUT2D eigenvalue weighted by Gasteiger charge is -2.33. The zero-order valence-electron chi connectivity index (χ0n) is 16.3. The summed E-state index contributed by atoms with van der Waals surface area (Å²) < 4.78 is 5.40. The van der Waals surface area contributed by atoms with Crippen molar-refractivity contribution < 1.29 is 9.53 Å². The topological polar surface area (TPSA) is 44.8 Å². The van der Waals surface area contributed by atoms with Crippen LogP contribution in [0.4, 0.5) is 10.5 Å². The van der Waals surface area contributed by atoms with Gasteiger partial charge in [-0.2, -0.15) is 0 Å². The number of amides is 2. The number of anilines is 1. The number of likely N-dealkylation sites (tertiary alicyclic amines) is 1. The van der Waals surface area contributed by atoms with Gasteiger partial charge in [0.15, 0.2) is 0 Å². The van der Waals surface area contributed by atoms with E-state index in [0.29, 0.717) is 5.92 Å². The van der Waals surface area contributed by atoms with Crippen molar-refractivity contribution in [3.8, 4) is 0 Å². The number of carbonyl (C=O) groups excluding carboxylic acids is 1. The molecule has 2 aliphatic rings. The predicted octanol–water partition coefficient (Wildman–Crippen LogP) is 3.93. The molecule has 148 valence electrons. The Morgan fingerprint density at radius 2 is 1.75 bits per heavy atom. The highest BCUT2D eigenvalue weighted by atomic mass is 16.5. The van der Waals surface area contributed by atoms with Crippen LogP contribution in [0.15, 0.2) is 54.6 Å². The molecule has 2 saturated heterocycles. The van der Waals surface area contributed by atoms with E-state index in [2.05, 4.69) is 46.6 Å². The molecule has 2 heterocycles. The first-order chi connectivity index (χ1) is 13.8. The number of morpholine rings is 1. The van der Waals surface area contributed by atoms with Gasteiger partial charge in [0.25, 0.3) is 0 Å². The molecule has 0 radical (unpaired) electrons. The number of hydrogen-bond donors (Lipinski definition) is 1. The summed E-state index contributed by atoms with van der Waals surface area (Å²) in [6, 6.07) is 18.7. The third kappa shape index (κ3) is 4.91. The summed E-state index contributed by atoms with van der Waals surface area (Å²) in [6.45, 7) is 6.13. The molecule has 0 saturated carbocycles. The molecule has 2 fully saturated rings. The molecule has 2 aliphatic heterocycles. The maximum Gasteiger partial charge on any atom is 0.321 e. The van der Waals surface area contributed by atoms with Crippen molar-refractivity contribution in [1.29, 1.82) is 0 Å². The second-order valence-electron chi connectivity index (χ2n) is 7.71. The molecule has 28 heavy (non-hydrogen) atoms. The molecule has 5 nitrogen and oxygen atoms in total. The van der Waals surface area contributed by atoms with Gasteiger partial charge in [0.2, 0.25) is 0 Å². The third-order valence-electron chi connectivity index (χ3n) is 5.69. The molecule has 5 heteroatoms. The molecular weight excluding hydrogens is 350 g/mol. The number of carbonyl (C=O) groups is 1. The van der Waals surface area contributed by atoms with Crippen LogP contribution in [0.5, 0.6) is 0 Å². The fourth-order valence-corrected chi connectivity index (χ4v) is 4.07. The molecule has 0 unspecified atom stereocenters. The van der Waals surface area contributed by atoms with Gasteiger partial charge >= 0.3 is 6.03 Å². The predicted molar refractivity (Wildman–Crippen MR) is 112 cm³/mol. The Bertz CT molecular complexity index is 757. The van der Waals surface area contributed by atoms with Gasteiger partial charge in [-0.1, -0.05) is 42.5 Å². The van der Waals surface area contributed by atoms with E-state index in [-0.39, 0.29) is 6.03 Å². The number of benzene rings is 2. The number of nitrogens with one attached hydrogen (secondary N) is 1. The molecule has 2 amide bonds. The van der Waals surface area contributed by atoms with E-state index in [1.807, 2.05) is 23.1 Å². The number of ether oxygens (including phenoxy) is 1. The zero-order valence-corrected chi connectivity index (χ0v) is 16.3. The lowest BCUT2D eigenvalue weighted by atomic mass is 9.91. The van der Waals surface area contributed by atoms with E-state index in [9.17, 15) is 4.79 Å². The van der Waals surface area contributed by atoms with E-state index in [1.54, 1.807) is 0 Å². The van der Waals surface area contributed by atoms with E-state index in [4.69, 9.17) is 4.74 Å². The standard InChI is InChI=1S/C23H29N3O2/c27-23(26-12-4-7-21(18-26)20-5-2-1-3-6-20)24-22-10-8-19(9-11-22)17-25-13-15-28-16-14-25/h1-3,5-6,8-11,21H,4,7,12-18H2,(H,24,27)/t21-/m1/s1. The highest BCUT2D eigenvalue weighted by Gasteiger charge is 2.24. The van der Waals surface area contributed by atoms with Crippen molar-refractivity contribution in [3.63, 3.8) is 0 Å². The van der Waals surface area contributed by atoms with Crippen molar-refractivity contribution >= 4 is 11.7 Å². The van der Waals surface area contributed by atoms with E-state index >= 15 is 0 Å². The van der Waals surface area contributed by atoms with Crippen LogP contribution in [0, 0.1) is 0 Å². The van der Waals surface area contributed by atoms with Gasteiger partial charge in [-0.05, 0) is 36.1 Å². The van der Waals surface area contributed by atoms with E-state index in [1.165, 1.54) is 11.1 Å². The Kier molecular flexibility index (Phi) is 6.24. The maximum absolute atomic E-state index is 12.7. The van der Waals surface area contributed by atoms with Crippen LogP contribution in [-0.4, -0.2) is 55.2 Å². The van der Waals surface area contributed by atoms with Gasteiger partial charge in [0, 0.05) is 44.3 Å². The van der Waals surface area contributed by atoms with Gasteiger partial charge in [0.1, 0.15) is 0 Å². The highest BCUT2D eigenvalue weighted by Crippen LogP contribution is 2.27. The Morgan fingerprint density at radius 1 is 1.00 bits per heavy atom. The lowest BCUT2D eigenvalue weighted by molar-refractivity contribution is 0.0342. The molecule has 0 spiro atoms. The van der Waals surface area contributed by atoms with Crippen LogP contribution in [-0.2, 0) is 11.3 Å². The zero-order chi connectivity index (χ0) is 19.2. The second kappa shape index (κ2) is 9.22. The minimum absolute atomic E-state index is 0.00144. The largest absolute Gasteiger partial charge is 0.379 e. The summed E-state index contributed by atoms with van der Waals surface area (Å²) >= 11 is 0. The molecular formula is C23H29N3O2. The van der Waals surface area contributed by atoms with E-state index in [0.717, 1.165) is 64.5 Å². The summed E-state index contributed by atoms with van der Waals surface area (Å²) in [7, 11) is 0. The molecule has 1 atom stereocenters. The van der Waals surface area contributed by atoms with Gasteiger partial charge in [-0.25, -0.2) is 4.79 Å². The quantitative estimate of drug-likeness (QED) is 0.875. The smallest absolute Gasteiger partial charge is 0.321 e. The first-order valence-electron chi connectivity index (χ1n) is 10.3. The summed E-state index contributed by atoms with van der Waals surface area (Å²) in [5.74, 6) is 0.427. The average molecular weight is 380 g/mol. The molecule has 0 bridgehead atoms. The van der Waals surface area contributed by atoms with Crippen LogP contribution in [0.2, 0.25) is 0 Å². The summed E-state index contributed by atoms with van der Waals surface area (Å²) in [4.78, 5) is 17.1. The molecule has 1 N–H and O–H groups in total. The minimum Gasteiger partial charge on any atom is -0.379 e. The number of urea groups is 1. The molecule has 0 aromatic heterocycles. The molecule has 4 rings (SSSR count). The van der Waals surface area contributed by atoms with Crippen LogP contribution in [0.25, 0.3) is 0 Å². The summed E-state index contributed by atoms with van der Waals surface area (Å²) in [5.41, 5.74) is 3.45. The fourth-order valence-electron chi connectivity index (χ4n) is 4.07. The van der Waals surface area contributed by atoms with Crippen LogP contribution in [0.3, 0.4) is 0 Å². The first-order valence-corrected chi connectivity index (χ1v) is 10.3. The Labute approximate surface area is 167 Å². The first kappa shape index (κ1) is 19.0. The van der Waals surface area contributed by atoms with Gasteiger partial charge < -0.3 is 15.0 Å². The third-order valence-corrected chi connectivity index (χ3v) is 5.69. The number of hydrogen-bond acceptors (Lipinski definition) is 3. The van der Waals surface area contributed by atoms with Crippen LogP contribution < -0.4 is 5.32 Å². The Hall–Kier alpha value is -2.37. The summed E-state index contributed by atoms with van der Waals surface area (Å²) in [5, 5.41) is 3.07. The SMILES string of the molecule is O=C(Nc1ccc(CN2CCOCC2)cc1)N1CCC[C@@H](c2ccccc2)C1. The van der Waals surface area contributed by atoms with E-state index < -0.39 is 0 Å². The number of piperidine rings is 1. The number of nitrogens with zero attached hydrogens (tertiary/aromatic N) is 2. The van der Waals surface area contributed by atoms with Gasteiger partial charge in [-0.15, -0.1) is 0 Å². The van der Waals surface area contributed by atoms with Crippen molar-refractivity contribution in [3.05, 3.63) is 65.7 Å². The van der Waals surface area contributed by atoms with Crippen molar-refractivity contribution in [2.45, 2.75) is 25.3 Å². The molecule has 2 aromatic carbocycles. The van der Waals surface area contributed by atoms with Crippen molar-refractivity contribution in [2.24, 2.45) is 0 Å². The Balaban J connectivity index is 1.31. The molecule has 0 aliphatic carbocycles. The Morgan fingerprint density at radius 3 is 2.50 bits per heavy atom. The normalized spacial score (nSPS) is 20.7. The highest BCUT2D eigenvalue weighted by molar-refractivity contribution is 5.89. The monoisotopic (exact) mass is 379 g/mol. The van der Waals surface area contributed by atoms with Gasteiger partial charge in [0.05, 0.1) is 13.2 Å². The van der Waals surface area contributed by atoms with Gasteiger partial charge in [-0.3, -0.25) is 4.90 Å². The lowest BCUT2D eigenvalue weighted by Crippen LogP contribution is -2.41.